The average Bonchev–Trinajstić information content (AvgIpc) is 3.26. The van der Waals surface area contributed by atoms with Gasteiger partial charge in [0.15, 0.2) is 20.7 Å². The molecule has 1 aliphatic carbocycles. The molecule has 0 unspecified atom stereocenters. The van der Waals surface area contributed by atoms with Gasteiger partial charge in [-0.25, -0.2) is 18.4 Å². The predicted octanol–water partition coefficient (Wildman–Crippen LogP) is 2.67. The van der Waals surface area contributed by atoms with Crippen LogP contribution in [0.3, 0.4) is 0 Å². The summed E-state index contributed by atoms with van der Waals surface area (Å²) in [5.74, 6) is 0.902. The van der Waals surface area contributed by atoms with Crippen molar-refractivity contribution >= 4 is 21.4 Å². The second kappa shape index (κ2) is 9.53. The molecule has 0 radical (unpaired) electrons. The fourth-order valence-electron chi connectivity index (χ4n) is 3.99. The standard InChI is InChI=1S/C21H29N5O5S/c1-14(2)20-24-21(31-25-20)26-10-8-17(9-11-26)29-15-4-6-16(7-5-15)30-18-12-23-19(13-22-18)32(3,27)28/h12-13,15-17H,1,4-11H2,2-3H3. The van der Waals surface area contributed by atoms with E-state index in [-0.39, 0.29) is 23.3 Å². The highest BCUT2D eigenvalue weighted by molar-refractivity contribution is 7.90. The van der Waals surface area contributed by atoms with Crippen molar-refractivity contribution in [2.24, 2.45) is 0 Å². The van der Waals surface area contributed by atoms with Crippen LogP contribution in [0.15, 0.2) is 28.5 Å². The zero-order chi connectivity index (χ0) is 22.7. The number of piperidine rings is 1. The van der Waals surface area contributed by atoms with Gasteiger partial charge >= 0.3 is 6.01 Å². The van der Waals surface area contributed by atoms with Crippen molar-refractivity contribution in [2.75, 3.05) is 24.2 Å². The summed E-state index contributed by atoms with van der Waals surface area (Å²) in [5.41, 5.74) is 0.788. The van der Waals surface area contributed by atoms with Crippen LogP contribution in [0.4, 0.5) is 6.01 Å². The van der Waals surface area contributed by atoms with Gasteiger partial charge in [-0.05, 0) is 51.0 Å². The van der Waals surface area contributed by atoms with E-state index in [9.17, 15) is 8.42 Å². The topological polar surface area (TPSA) is 121 Å². The Kier molecular flexibility index (Phi) is 6.75. The van der Waals surface area contributed by atoms with E-state index in [4.69, 9.17) is 14.0 Å². The molecule has 1 aliphatic heterocycles. The minimum atomic E-state index is -3.36. The zero-order valence-corrected chi connectivity index (χ0v) is 19.3. The highest BCUT2D eigenvalue weighted by Gasteiger charge is 2.29. The summed E-state index contributed by atoms with van der Waals surface area (Å²) in [7, 11) is -3.36. The predicted molar refractivity (Wildman–Crippen MR) is 117 cm³/mol. The van der Waals surface area contributed by atoms with Crippen LogP contribution in [0.1, 0.15) is 51.3 Å². The van der Waals surface area contributed by atoms with Crippen LogP contribution in [0, 0.1) is 0 Å². The highest BCUT2D eigenvalue weighted by Crippen LogP contribution is 2.28. The zero-order valence-electron chi connectivity index (χ0n) is 18.4. The highest BCUT2D eigenvalue weighted by atomic mass is 32.2. The van der Waals surface area contributed by atoms with Gasteiger partial charge in [0.05, 0.1) is 24.6 Å². The molecule has 0 spiro atoms. The Balaban J connectivity index is 1.19. The van der Waals surface area contributed by atoms with Gasteiger partial charge in [0.2, 0.25) is 5.88 Å². The van der Waals surface area contributed by atoms with E-state index in [0.717, 1.165) is 63.4 Å². The third-order valence-corrected chi connectivity index (χ3v) is 6.76. The van der Waals surface area contributed by atoms with Gasteiger partial charge in [-0.1, -0.05) is 11.7 Å². The van der Waals surface area contributed by atoms with Crippen LogP contribution < -0.4 is 9.64 Å². The second-order valence-electron chi connectivity index (χ2n) is 8.48. The van der Waals surface area contributed by atoms with Crippen LogP contribution >= 0.6 is 0 Å². The van der Waals surface area contributed by atoms with Crippen molar-refractivity contribution in [1.29, 1.82) is 0 Å². The number of hydrogen-bond acceptors (Lipinski definition) is 10. The van der Waals surface area contributed by atoms with Crippen molar-refractivity contribution in [2.45, 2.75) is 68.8 Å². The summed E-state index contributed by atoms with van der Waals surface area (Å²) < 4.78 is 40.5. The Morgan fingerprint density at radius 3 is 2.28 bits per heavy atom. The molecule has 32 heavy (non-hydrogen) atoms. The largest absolute Gasteiger partial charge is 0.473 e. The first-order valence-corrected chi connectivity index (χ1v) is 12.8. The van der Waals surface area contributed by atoms with E-state index >= 15 is 0 Å². The van der Waals surface area contributed by atoms with Crippen molar-refractivity contribution in [3.63, 3.8) is 0 Å². The second-order valence-corrected chi connectivity index (χ2v) is 10.4. The Morgan fingerprint density at radius 1 is 1.06 bits per heavy atom. The van der Waals surface area contributed by atoms with Gasteiger partial charge in [0.25, 0.3) is 0 Å². The number of allylic oxidation sites excluding steroid dienone is 1. The SMILES string of the molecule is C=C(C)c1noc(N2CCC(OC3CCC(Oc4cnc(S(C)(=O)=O)cn4)CC3)CC2)n1. The number of sulfone groups is 1. The molecule has 0 aromatic carbocycles. The van der Waals surface area contributed by atoms with E-state index in [1.165, 1.54) is 12.4 Å². The Bertz CT molecular complexity index is 1020. The number of anilines is 1. The molecule has 4 rings (SSSR count). The van der Waals surface area contributed by atoms with Gasteiger partial charge in [0, 0.05) is 19.3 Å². The van der Waals surface area contributed by atoms with E-state index in [1.54, 1.807) is 0 Å². The maximum absolute atomic E-state index is 11.5. The first kappa shape index (κ1) is 22.7. The number of rotatable bonds is 7. The fourth-order valence-corrected chi connectivity index (χ4v) is 4.47. The number of hydrogen-bond donors (Lipinski definition) is 0. The molecule has 2 fully saturated rings. The third kappa shape index (κ3) is 5.63. The molecule has 0 bridgehead atoms. The monoisotopic (exact) mass is 463 g/mol. The van der Waals surface area contributed by atoms with Gasteiger partial charge < -0.3 is 18.9 Å². The molecular formula is C21H29N5O5S. The van der Waals surface area contributed by atoms with E-state index in [2.05, 4.69) is 31.6 Å². The molecule has 2 aromatic heterocycles. The molecule has 3 heterocycles. The molecule has 11 heteroatoms. The van der Waals surface area contributed by atoms with Crippen LogP contribution in [0.25, 0.3) is 5.57 Å². The molecule has 1 saturated carbocycles. The van der Waals surface area contributed by atoms with Crippen molar-refractivity contribution < 1.29 is 22.4 Å². The molecule has 0 atom stereocenters. The Hall–Kier alpha value is -2.53. The molecular weight excluding hydrogens is 434 g/mol. The number of nitrogens with zero attached hydrogens (tertiary/aromatic N) is 5. The molecule has 174 valence electrons. The summed E-state index contributed by atoms with van der Waals surface area (Å²) in [6, 6.07) is 0.548. The Morgan fingerprint density at radius 2 is 1.72 bits per heavy atom. The van der Waals surface area contributed by atoms with Crippen molar-refractivity contribution in [1.82, 2.24) is 20.1 Å². The van der Waals surface area contributed by atoms with Gasteiger partial charge in [0.1, 0.15) is 6.10 Å². The minimum Gasteiger partial charge on any atom is -0.473 e. The van der Waals surface area contributed by atoms with E-state index in [0.29, 0.717) is 17.7 Å². The lowest BCUT2D eigenvalue weighted by molar-refractivity contribution is -0.0534. The van der Waals surface area contributed by atoms with Crippen molar-refractivity contribution in [3.8, 4) is 5.88 Å². The first-order chi connectivity index (χ1) is 15.3. The molecule has 2 aromatic rings. The quantitative estimate of drug-likeness (QED) is 0.606. The lowest BCUT2D eigenvalue weighted by Gasteiger charge is -2.35. The van der Waals surface area contributed by atoms with Crippen molar-refractivity contribution in [3.05, 3.63) is 24.8 Å². The van der Waals surface area contributed by atoms with Crippen LogP contribution in [0.2, 0.25) is 0 Å². The normalized spacial score (nSPS) is 22.6. The summed E-state index contributed by atoms with van der Waals surface area (Å²) >= 11 is 0. The number of ether oxygens (including phenoxy) is 2. The summed E-state index contributed by atoms with van der Waals surface area (Å²) in [6.45, 7) is 7.34. The van der Waals surface area contributed by atoms with E-state index < -0.39 is 9.84 Å². The molecule has 1 saturated heterocycles. The fraction of sp³-hybridized carbons (Fsp3) is 0.619. The summed E-state index contributed by atoms with van der Waals surface area (Å²) in [5, 5.41) is 3.90. The lowest BCUT2D eigenvalue weighted by Crippen LogP contribution is -2.39. The van der Waals surface area contributed by atoms with Crippen LogP contribution in [-0.4, -0.2) is 66.2 Å². The number of aromatic nitrogens is 4. The maximum Gasteiger partial charge on any atom is 0.324 e. The van der Waals surface area contributed by atoms with Crippen LogP contribution in [-0.2, 0) is 14.6 Å². The maximum atomic E-state index is 11.5. The molecule has 2 aliphatic rings. The first-order valence-electron chi connectivity index (χ1n) is 10.9. The summed E-state index contributed by atoms with van der Waals surface area (Å²) in [6.07, 6.45) is 9.62. The van der Waals surface area contributed by atoms with Gasteiger partial charge in [-0.2, -0.15) is 4.98 Å². The average molecular weight is 464 g/mol. The molecule has 10 nitrogen and oxygen atoms in total. The van der Waals surface area contributed by atoms with E-state index in [1.807, 2.05) is 6.92 Å². The minimum absolute atomic E-state index is 0.0371. The Labute approximate surface area is 187 Å². The summed E-state index contributed by atoms with van der Waals surface area (Å²) in [4.78, 5) is 14.5. The molecule has 0 amide bonds. The van der Waals surface area contributed by atoms with Crippen LogP contribution in [0.5, 0.6) is 5.88 Å². The van der Waals surface area contributed by atoms with Gasteiger partial charge in [-0.3, -0.25) is 0 Å². The lowest BCUT2D eigenvalue weighted by atomic mass is 9.94. The smallest absolute Gasteiger partial charge is 0.324 e. The third-order valence-electron chi connectivity index (χ3n) is 5.79. The molecule has 0 N–H and O–H groups in total. The van der Waals surface area contributed by atoms with Gasteiger partial charge in [-0.15, -0.1) is 0 Å².